The van der Waals surface area contributed by atoms with Crippen LogP contribution in [-0.2, 0) is 4.79 Å². The molecular weight excluding hydrogens is 196 g/mol. The largest absolute Gasteiger partial charge is 0.356 e. The van der Waals surface area contributed by atoms with E-state index in [4.69, 9.17) is 5.73 Å². The molecule has 0 saturated carbocycles. The Morgan fingerprint density at radius 1 is 1.50 bits per heavy atom. The van der Waals surface area contributed by atoms with E-state index in [2.05, 4.69) is 18.5 Å². The van der Waals surface area contributed by atoms with Crippen molar-refractivity contribution < 1.29 is 4.79 Å². The molecule has 3 N–H and O–H groups in total. The number of hydrogen-bond donors (Lipinski definition) is 2. The molecule has 0 aliphatic rings. The number of nitrogens with two attached hydrogens (primary N) is 1. The average Bonchev–Trinajstić information content (AvgIpc) is 2.16. The monoisotopic (exact) mass is 218 g/mol. The number of nitrogens with one attached hydrogen (secondary N) is 1. The van der Waals surface area contributed by atoms with Crippen LogP contribution in [0.25, 0.3) is 0 Å². The van der Waals surface area contributed by atoms with Gasteiger partial charge in [0.1, 0.15) is 0 Å². The van der Waals surface area contributed by atoms with E-state index in [1.54, 1.807) is 0 Å². The molecule has 14 heavy (non-hydrogen) atoms. The molecule has 4 heteroatoms. The number of thioether (sulfide) groups is 1. The number of amides is 1. The first kappa shape index (κ1) is 13.8. The van der Waals surface area contributed by atoms with E-state index in [1.165, 1.54) is 0 Å². The van der Waals surface area contributed by atoms with Crippen LogP contribution in [0.15, 0.2) is 0 Å². The normalized spacial score (nSPS) is 12.5. The molecular formula is C10H22N2OS. The molecule has 0 aliphatic heterocycles. The van der Waals surface area contributed by atoms with Crippen molar-refractivity contribution in [1.29, 1.82) is 0 Å². The van der Waals surface area contributed by atoms with Gasteiger partial charge >= 0.3 is 0 Å². The lowest BCUT2D eigenvalue weighted by atomic mass is 10.2. The number of rotatable bonds is 8. The third kappa shape index (κ3) is 8.38. The Morgan fingerprint density at radius 2 is 2.21 bits per heavy atom. The zero-order valence-corrected chi connectivity index (χ0v) is 10.0. The summed E-state index contributed by atoms with van der Waals surface area (Å²) in [5.41, 5.74) is 5.34. The molecule has 0 bridgehead atoms. The zero-order chi connectivity index (χ0) is 10.8. The second-order valence-corrected chi connectivity index (χ2v) is 4.52. The quantitative estimate of drug-likeness (QED) is 0.603. The van der Waals surface area contributed by atoms with E-state index in [1.807, 2.05) is 11.8 Å². The molecule has 0 saturated heterocycles. The molecule has 0 aromatic carbocycles. The lowest BCUT2D eigenvalue weighted by Gasteiger charge is -2.10. The highest BCUT2D eigenvalue weighted by Gasteiger charge is 2.04. The van der Waals surface area contributed by atoms with Gasteiger partial charge in [-0.25, -0.2) is 0 Å². The molecule has 1 atom stereocenters. The summed E-state index contributed by atoms with van der Waals surface area (Å²) in [6.45, 7) is 3.62. The maximum Gasteiger partial charge on any atom is 0.220 e. The molecule has 1 amide bonds. The van der Waals surface area contributed by atoms with Gasteiger partial charge in [-0.15, -0.1) is 0 Å². The Morgan fingerprint density at radius 3 is 2.79 bits per heavy atom. The van der Waals surface area contributed by atoms with Gasteiger partial charge in [0.15, 0.2) is 0 Å². The number of hydrogen-bond acceptors (Lipinski definition) is 3. The summed E-state index contributed by atoms with van der Waals surface area (Å²) >= 11 is 1.82. The Kier molecular flexibility index (Phi) is 9.19. The van der Waals surface area contributed by atoms with Crippen molar-refractivity contribution in [2.24, 2.45) is 11.7 Å². The standard InChI is InChI=1S/C10H22N2OS/c1-9(8-14-2)7-12-10(13)5-3-4-6-11/h9H,3-8,11H2,1-2H3,(H,12,13). The zero-order valence-electron chi connectivity index (χ0n) is 9.21. The maximum absolute atomic E-state index is 11.3. The third-order valence-electron chi connectivity index (χ3n) is 1.96. The third-order valence-corrected chi connectivity index (χ3v) is 2.86. The summed E-state index contributed by atoms with van der Waals surface area (Å²) in [7, 11) is 0. The Balaban J connectivity index is 3.34. The molecule has 84 valence electrons. The molecule has 0 heterocycles. The smallest absolute Gasteiger partial charge is 0.220 e. The summed E-state index contributed by atoms with van der Waals surface area (Å²) in [6.07, 6.45) is 4.54. The summed E-state index contributed by atoms with van der Waals surface area (Å²) in [5.74, 6) is 1.82. The van der Waals surface area contributed by atoms with Crippen LogP contribution in [0.5, 0.6) is 0 Å². The Hall–Kier alpha value is -0.220. The van der Waals surface area contributed by atoms with Crippen LogP contribution in [0, 0.1) is 5.92 Å². The van der Waals surface area contributed by atoms with Crippen molar-refractivity contribution in [2.45, 2.75) is 26.2 Å². The minimum atomic E-state index is 0.159. The fourth-order valence-electron chi connectivity index (χ4n) is 1.15. The maximum atomic E-state index is 11.3. The molecule has 1 unspecified atom stereocenters. The summed E-state index contributed by atoms with van der Waals surface area (Å²) in [5, 5.41) is 2.93. The molecule has 3 nitrogen and oxygen atoms in total. The van der Waals surface area contributed by atoms with E-state index < -0.39 is 0 Å². The fourth-order valence-corrected chi connectivity index (χ4v) is 1.84. The van der Waals surface area contributed by atoms with Gasteiger partial charge in [-0.3, -0.25) is 4.79 Å². The van der Waals surface area contributed by atoms with E-state index in [9.17, 15) is 4.79 Å². The highest BCUT2D eigenvalue weighted by molar-refractivity contribution is 7.98. The number of carbonyl (C=O) groups is 1. The van der Waals surface area contributed by atoms with Crippen molar-refractivity contribution in [2.75, 3.05) is 25.1 Å². The topological polar surface area (TPSA) is 55.1 Å². The first-order valence-corrected chi connectivity index (χ1v) is 6.55. The lowest BCUT2D eigenvalue weighted by Crippen LogP contribution is -2.28. The van der Waals surface area contributed by atoms with Gasteiger partial charge < -0.3 is 11.1 Å². The SMILES string of the molecule is CSCC(C)CNC(=O)CCCCN. The predicted octanol–water partition coefficient (Wildman–Crippen LogP) is 1.23. The minimum Gasteiger partial charge on any atom is -0.356 e. The Labute approximate surface area is 91.2 Å². The van der Waals surface area contributed by atoms with Crippen LogP contribution >= 0.6 is 11.8 Å². The van der Waals surface area contributed by atoms with Crippen molar-refractivity contribution in [1.82, 2.24) is 5.32 Å². The summed E-state index contributed by atoms with van der Waals surface area (Å²) in [4.78, 5) is 11.3. The van der Waals surface area contributed by atoms with Gasteiger partial charge in [-0.1, -0.05) is 6.92 Å². The van der Waals surface area contributed by atoms with Crippen LogP contribution in [-0.4, -0.2) is 31.0 Å². The van der Waals surface area contributed by atoms with Gasteiger partial charge in [-0.2, -0.15) is 11.8 Å². The average molecular weight is 218 g/mol. The number of unbranched alkanes of at least 4 members (excludes halogenated alkanes) is 1. The van der Waals surface area contributed by atoms with Crippen LogP contribution in [0.4, 0.5) is 0 Å². The highest BCUT2D eigenvalue weighted by Crippen LogP contribution is 2.02. The van der Waals surface area contributed by atoms with Crippen LogP contribution in [0.2, 0.25) is 0 Å². The van der Waals surface area contributed by atoms with Crippen molar-refractivity contribution in [3.63, 3.8) is 0 Å². The minimum absolute atomic E-state index is 0.159. The second kappa shape index (κ2) is 9.34. The van der Waals surface area contributed by atoms with Gasteiger partial charge in [-0.05, 0) is 37.3 Å². The Bertz CT molecular complexity index is 153. The lowest BCUT2D eigenvalue weighted by molar-refractivity contribution is -0.121. The first-order valence-electron chi connectivity index (χ1n) is 5.16. The predicted molar refractivity (Wildman–Crippen MR) is 63.5 cm³/mol. The molecule has 0 aromatic rings. The molecule has 0 aromatic heterocycles. The fraction of sp³-hybridized carbons (Fsp3) is 0.900. The van der Waals surface area contributed by atoms with Gasteiger partial charge in [0.2, 0.25) is 5.91 Å². The van der Waals surface area contributed by atoms with Gasteiger partial charge in [0.05, 0.1) is 0 Å². The molecule has 0 aliphatic carbocycles. The number of carbonyl (C=O) groups excluding carboxylic acids is 1. The van der Waals surface area contributed by atoms with Crippen LogP contribution < -0.4 is 11.1 Å². The van der Waals surface area contributed by atoms with E-state index in [-0.39, 0.29) is 5.91 Å². The summed E-state index contributed by atoms with van der Waals surface area (Å²) < 4.78 is 0. The van der Waals surface area contributed by atoms with Gasteiger partial charge in [0.25, 0.3) is 0 Å². The van der Waals surface area contributed by atoms with Crippen molar-refractivity contribution in [3.8, 4) is 0 Å². The van der Waals surface area contributed by atoms with Crippen LogP contribution in [0.3, 0.4) is 0 Å². The van der Waals surface area contributed by atoms with Crippen LogP contribution in [0.1, 0.15) is 26.2 Å². The molecule has 0 rings (SSSR count). The van der Waals surface area contributed by atoms with E-state index in [0.717, 1.165) is 25.1 Å². The molecule has 0 fully saturated rings. The van der Waals surface area contributed by atoms with Gasteiger partial charge in [0, 0.05) is 13.0 Å². The molecule has 0 radical (unpaired) electrons. The first-order chi connectivity index (χ1) is 6.70. The highest BCUT2D eigenvalue weighted by atomic mass is 32.2. The van der Waals surface area contributed by atoms with Crippen molar-refractivity contribution >= 4 is 17.7 Å². The van der Waals surface area contributed by atoms with E-state index >= 15 is 0 Å². The molecule has 0 spiro atoms. The second-order valence-electron chi connectivity index (χ2n) is 3.61. The summed E-state index contributed by atoms with van der Waals surface area (Å²) in [6, 6.07) is 0. The van der Waals surface area contributed by atoms with E-state index in [0.29, 0.717) is 18.9 Å². The van der Waals surface area contributed by atoms with Crippen molar-refractivity contribution in [3.05, 3.63) is 0 Å².